The molecule has 5 nitrogen and oxygen atoms in total. The van der Waals surface area contributed by atoms with Crippen LogP contribution < -0.4 is 5.43 Å². The predicted molar refractivity (Wildman–Crippen MR) is 62.0 cm³/mol. The van der Waals surface area contributed by atoms with Crippen LogP contribution in [0.2, 0.25) is 0 Å². The molecular formula is C11H15N5. The van der Waals surface area contributed by atoms with Gasteiger partial charge >= 0.3 is 0 Å². The summed E-state index contributed by atoms with van der Waals surface area (Å²) in [6, 6.07) is 5.87. The molecule has 1 saturated heterocycles. The van der Waals surface area contributed by atoms with Crippen LogP contribution in [0.5, 0.6) is 0 Å². The van der Waals surface area contributed by atoms with E-state index in [0.717, 1.165) is 18.7 Å². The Bertz CT molecular complexity index is 439. The number of nitrogens with one attached hydrogen (secondary N) is 1. The molecule has 0 saturated carbocycles. The summed E-state index contributed by atoms with van der Waals surface area (Å²) in [5, 5.41) is 6.55. The number of rotatable bonds is 2. The van der Waals surface area contributed by atoms with Crippen molar-refractivity contribution in [3.63, 3.8) is 0 Å². The van der Waals surface area contributed by atoms with E-state index in [1.165, 1.54) is 19.3 Å². The summed E-state index contributed by atoms with van der Waals surface area (Å²) in [5.74, 6) is 0.688. The molecule has 2 aromatic heterocycles. The van der Waals surface area contributed by atoms with E-state index in [9.17, 15) is 0 Å². The Morgan fingerprint density at radius 2 is 2.00 bits per heavy atom. The fourth-order valence-corrected chi connectivity index (χ4v) is 2.03. The Morgan fingerprint density at radius 3 is 2.81 bits per heavy atom. The van der Waals surface area contributed by atoms with Crippen molar-refractivity contribution in [2.75, 3.05) is 18.5 Å². The topological polar surface area (TPSA) is 45.5 Å². The van der Waals surface area contributed by atoms with E-state index in [0.29, 0.717) is 5.95 Å². The lowest BCUT2D eigenvalue weighted by Gasteiger charge is -2.25. The summed E-state index contributed by atoms with van der Waals surface area (Å²) < 4.78 is 1.78. The molecule has 0 spiro atoms. The van der Waals surface area contributed by atoms with E-state index >= 15 is 0 Å². The van der Waals surface area contributed by atoms with Gasteiger partial charge in [-0.15, -0.1) is 5.10 Å². The maximum atomic E-state index is 4.41. The smallest absolute Gasteiger partial charge is 0.257 e. The highest BCUT2D eigenvalue weighted by molar-refractivity contribution is 5.42. The van der Waals surface area contributed by atoms with E-state index in [1.54, 1.807) is 4.52 Å². The maximum Gasteiger partial charge on any atom is 0.257 e. The summed E-state index contributed by atoms with van der Waals surface area (Å²) in [6.45, 7) is 2.16. The van der Waals surface area contributed by atoms with Crippen LogP contribution in [0, 0.1) is 0 Å². The van der Waals surface area contributed by atoms with Gasteiger partial charge in [0.2, 0.25) is 0 Å². The van der Waals surface area contributed by atoms with Crippen LogP contribution in [0.4, 0.5) is 5.95 Å². The third-order valence-corrected chi connectivity index (χ3v) is 2.86. The Morgan fingerprint density at radius 1 is 1.12 bits per heavy atom. The zero-order valence-corrected chi connectivity index (χ0v) is 9.13. The summed E-state index contributed by atoms with van der Waals surface area (Å²) in [7, 11) is 0. The monoisotopic (exact) mass is 217 g/mol. The largest absolute Gasteiger partial charge is 0.286 e. The van der Waals surface area contributed by atoms with Gasteiger partial charge in [-0.3, -0.25) is 5.43 Å². The molecule has 0 radical (unpaired) electrons. The molecule has 1 aliphatic heterocycles. The number of hydrazine groups is 1. The van der Waals surface area contributed by atoms with Crippen LogP contribution in [0.25, 0.3) is 5.65 Å². The van der Waals surface area contributed by atoms with E-state index in [4.69, 9.17) is 0 Å². The first kappa shape index (κ1) is 9.59. The molecule has 0 atom stereocenters. The molecule has 2 aromatic rings. The average Bonchev–Trinajstić information content (AvgIpc) is 2.72. The van der Waals surface area contributed by atoms with E-state index < -0.39 is 0 Å². The second kappa shape index (κ2) is 4.09. The van der Waals surface area contributed by atoms with Gasteiger partial charge in [0, 0.05) is 19.3 Å². The summed E-state index contributed by atoms with van der Waals surface area (Å²) in [4.78, 5) is 4.41. The van der Waals surface area contributed by atoms with Crippen molar-refractivity contribution in [3.8, 4) is 0 Å². The van der Waals surface area contributed by atoms with E-state index in [1.807, 2.05) is 24.4 Å². The molecule has 3 rings (SSSR count). The van der Waals surface area contributed by atoms with Crippen LogP contribution in [0.3, 0.4) is 0 Å². The number of aromatic nitrogens is 3. The van der Waals surface area contributed by atoms with Crippen molar-refractivity contribution < 1.29 is 0 Å². The van der Waals surface area contributed by atoms with Crippen molar-refractivity contribution in [1.29, 1.82) is 0 Å². The van der Waals surface area contributed by atoms with Crippen molar-refractivity contribution in [2.45, 2.75) is 19.3 Å². The Hall–Kier alpha value is -1.62. The Kier molecular flexibility index (Phi) is 2.46. The van der Waals surface area contributed by atoms with Crippen molar-refractivity contribution >= 4 is 11.6 Å². The van der Waals surface area contributed by atoms with Crippen molar-refractivity contribution in [1.82, 2.24) is 19.6 Å². The van der Waals surface area contributed by atoms with Crippen molar-refractivity contribution in [3.05, 3.63) is 24.4 Å². The third-order valence-electron chi connectivity index (χ3n) is 2.86. The minimum absolute atomic E-state index is 0.688. The van der Waals surface area contributed by atoms with Gasteiger partial charge in [-0.1, -0.05) is 12.5 Å². The van der Waals surface area contributed by atoms with Gasteiger partial charge < -0.3 is 0 Å². The predicted octanol–water partition coefficient (Wildman–Crippen LogP) is 1.54. The van der Waals surface area contributed by atoms with Gasteiger partial charge in [-0.25, -0.2) is 9.52 Å². The van der Waals surface area contributed by atoms with Crippen LogP contribution in [-0.2, 0) is 0 Å². The Labute approximate surface area is 94.1 Å². The fourth-order valence-electron chi connectivity index (χ4n) is 2.03. The fraction of sp³-hybridized carbons (Fsp3) is 0.455. The quantitative estimate of drug-likeness (QED) is 0.829. The standard InChI is InChI=1S/C11H15N5/c1-3-7-15(8-4-1)13-11-12-10-6-2-5-9-16(10)14-11/h2,5-6,9H,1,3-4,7-8H2,(H,13,14). The molecule has 5 heteroatoms. The second-order valence-corrected chi connectivity index (χ2v) is 4.10. The third kappa shape index (κ3) is 1.86. The molecular weight excluding hydrogens is 202 g/mol. The molecule has 1 aliphatic rings. The Balaban J connectivity index is 1.78. The highest BCUT2D eigenvalue weighted by Crippen LogP contribution is 2.11. The lowest BCUT2D eigenvalue weighted by molar-refractivity contribution is 0.271. The lowest BCUT2D eigenvalue weighted by atomic mass is 10.2. The summed E-state index contributed by atoms with van der Waals surface area (Å²) in [5.41, 5.74) is 4.14. The highest BCUT2D eigenvalue weighted by atomic mass is 15.6. The minimum atomic E-state index is 0.688. The average molecular weight is 217 g/mol. The molecule has 0 unspecified atom stereocenters. The normalized spacial score (nSPS) is 17.8. The minimum Gasteiger partial charge on any atom is -0.286 e. The molecule has 1 N–H and O–H groups in total. The summed E-state index contributed by atoms with van der Waals surface area (Å²) in [6.07, 6.45) is 5.74. The van der Waals surface area contributed by atoms with E-state index in [-0.39, 0.29) is 0 Å². The zero-order valence-electron chi connectivity index (χ0n) is 9.13. The van der Waals surface area contributed by atoms with Gasteiger partial charge in [0.15, 0.2) is 5.65 Å². The molecule has 1 fully saturated rings. The SMILES string of the molecule is c1ccn2nc(NN3CCCCC3)nc2c1. The number of nitrogens with zero attached hydrogens (tertiary/aromatic N) is 4. The number of anilines is 1. The zero-order chi connectivity index (χ0) is 10.8. The molecule has 0 aliphatic carbocycles. The van der Waals surface area contributed by atoms with Crippen LogP contribution in [0.15, 0.2) is 24.4 Å². The van der Waals surface area contributed by atoms with Crippen LogP contribution in [0.1, 0.15) is 19.3 Å². The summed E-state index contributed by atoms with van der Waals surface area (Å²) >= 11 is 0. The van der Waals surface area contributed by atoms with Crippen LogP contribution >= 0.6 is 0 Å². The molecule has 3 heterocycles. The number of fused-ring (bicyclic) bond motifs is 1. The molecule has 0 aromatic carbocycles. The number of hydrogen-bond donors (Lipinski definition) is 1. The van der Waals surface area contributed by atoms with Gasteiger partial charge in [0.1, 0.15) is 0 Å². The molecule has 84 valence electrons. The van der Waals surface area contributed by atoms with Gasteiger partial charge in [0.25, 0.3) is 5.95 Å². The number of piperidine rings is 1. The molecule has 0 bridgehead atoms. The highest BCUT2D eigenvalue weighted by Gasteiger charge is 2.11. The van der Waals surface area contributed by atoms with Gasteiger partial charge in [-0.05, 0) is 25.0 Å². The van der Waals surface area contributed by atoms with Gasteiger partial charge in [-0.2, -0.15) is 4.98 Å². The van der Waals surface area contributed by atoms with Gasteiger partial charge in [0.05, 0.1) is 0 Å². The lowest BCUT2D eigenvalue weighted by Crippen LogP contribution is -2.35. The second-order valence-electron chi connectivity index (χ2n) is 4.10. The molecule has 0 amide bonds. The molecule has 16 heavy (non-hydrogen) atoms. The van der Waals surface area contributed by atoms with Crippen LogP contribution in [-0.4, -0.2) is 32.7 Å². The maximum absolute atomic E-state index is 4.41. The number of pyridine rings is 1. The van der Waals surface area contributed by atoms with Crippen molar-refractivity contribution in [2.24, 2.45) is 0 Å². The van der Waals surface area contributed by atoms with E-state index in [2.05, 4.69) is 20.5 Å². The first-order valence-electron chi connectivity index (χ1n) is 5.75. The number of hydrogen-bond acceptors (Lipinski definition) is 4. The first-order chi connectivity index (χ1) is 7.92. The first-order valence-corrected chi connectivity index (χ1v) is 5.75.